The summed E-state index contributed by atoms with van der Waals surface area (Å²) in [5, 5.41) is 13.3. The van der Waals surface area contributed by atoms with E-state index in [0.717, 1.165) is 34.1 Å². The number of nitrogens with one attached hydrogen (secondary N) is 2. The second kappa shape index (κ2) is 8.14. The Morgan fingerprint density at radius 2 is 1.84 bits per heavy atom. The highest BCUT2D eigenvalue weighted by atomic mass is 19.4. The standard InChI is InChI=1S/C22H16F3N5O2/c1-13-10-19(31)20(29-30(13)17-7-3-5-15(12-17)22(23,24)25)21(32)27-16-6-2-4-14(11-16)18-8-9-26-28-18/h2-12H,1H3,(H,26,28)(H,27,32). The summed E-state index contributed by atoms with van der Waals surface area (Å²) in [7, 11) is 0. The molecule has 10 heteroatoms. The molecule has 0 spiro atoms. The number of nitrogens with zero attached hydrogens (tertiary/aromatic N) is 3. The quantitative estimate of drug-likeness (QED) is 0.499. The topological polar surface area (TPSA) is 92.7 Å². The van der Waals surface area contributed by atoms with Crippen molar-refractivity contribution in [2.24, 2.45) is 0 Å². The molecule has 4 rings (SSSR count). The smallest absolute Gasteiger partial charge is 0.320 e. The van der Waals surface area contributed by atoms with Crippen LogP contribution in [0.5, 0.6) is 0 Å². The summed E-state index contributed by atoms with van der Waals surface area (Å²) in [4.78, 5) is 25.2. The number of hydrogen-bond donors (Lipinski definition) is 2. The van der Waals surface area contributed by atoms with Gasteiger partial charge in [0.25, 0.3) is 5.91 Å². The van der Waals surface area contributed by atoms with Gasteiger partial charge in [0, 0.05) is 29.2 Å². The average Bonchev–Trinajstić information content (AvgIpc) is 3.28. The molecule has 0 fully saturated rings. The number of benzene rings is 2. The van der Waals surface area contributed by atoms with Crippen molar-refractivity contribution in [2.45, 2.75) is 13.1 Å². The average molecular weight is 439 g/mol. The predicted molar refractivity (Wildman–Crippen MR) is 112 cm³/mol. The number of alkyl halides is 3. The molecule has 4 aromatic rings. The summed E-state index contributed by atoms with van der Waals surface area (Å²) in [6.07, 6.45) is -2.95. The number of amides is 1. The highest BCUT2D eigenvalue weighted by Crippen LogP contribution is 2.30. The number of carbonyl (C=O) groups is 1. The van der Waals surface area contributed by atoms with Crippen molar-refractivity contribution in [1.29, 1.82) is 0 Å². The van der Waals surface area contributed by atoms with Gasteiger partial charge < -0.3 is 5.32 Å². The van der Waals surface area contributed by atoms with E-state index in [4.69, 9.17) is 0 Å². The number of aromatic nitrogens is 4. The van der Waals surface area contributed by atoms with Crippen LogP contribution in [0.1, 0.15) is 21.7 Å². The first-order chi connectivity index (χ1) is 15.2. The Balaban J connectivity index is 1.67. The second-order valence-corrected chi connectivity index (χ2v) is 6.96. The maximum Gasteiger partial charge on any atom is 0.416 e. The van der Waals surface area contributed by atoms with E-state index in [-0.39, 0.29) is 11.4 Å². The van der Waals surface area contributed by atoms with Gasteiger partial charge in [0.2, 0.25) is 5.43 Å². The van der Waals surface area contributed by atoms with Crippen LogP contribution in [0.15, 0.2) is 71.7 Å². The van der Waals surface area contributed by atoms with Crippen LogP contribution in [-0.2, 0) is 6.18 Å². The summed E-state index contributed by atoms with van der Waals surface area (Å²) in [6, 6.07) is 14.2. The Hall–Kier alpha value is -4.21. The second-order valence-electron chi connectivity index (χ2n) is 6.96. The van der Waals surface area contributed by atoms with Gasteiger partial charge in [-0.05, 0) is 43.3 Å². The number of hydrogen-bond acceptors (Lipinski definition) is 4. The molecule has 2 N–H and O–H groups in total. The Kier molecular flexibility index (Phi) is 5.35. The molecule has 0 aliphatic heterocycles. The van der Waals surface area contributed by atoms with Crippen LogP contribution in [0.25, 0.3) is 16.9 Å². The first kappa shape index (κ1) is 21.0. The molecule has 32 heavy (non-hydrogen) atoms. The number of H-pyrrole nitrogens is 1. The largest absolute Gasteiger partial charge is 0.416 e. The number of rotatable bonds is 4. The summed E-state index contributed by atoms with van der Waals surface area (Å²) >= 11 is 0. The third-order valence-corrected chi connectivity index (χ3v) is 4.67. The lowest BCUT2D eigenvalue weighted by Gasteiger charge is -2.13. The Morgan fingerprint density at radius 1 is 1.06 bits per heavy atom. The molecule has 2 aromatic carbocycles. The molecule has 162 valence electrons. The number of halogens is 3. The van der Waals surface area contributed by atoms with Crippen molar-refractivity contribution >= 4 is 11.6 Å². The fourth-order valence-corrected chi connectivity index (χ4v) is 3.15. The van der Waals surface area contributed by atoms with E-state index in [1.165, 1.54) is 19.1 Å². The van der Waals surface area contributed by atoms with E-state index in [9.17, 15) is 22.8 Å². The normalized spacial score (nSPS) is 11.4. The Bertz CT molecular complexity index is 1340. The molecule has 0 saturated heterocycles. The Morgan fingerprint density at radius 3 is 2.56 bits per heavy atom. The molecule has 0 aliphatic carbocycles. The third-order valence-electron chi connectivity index (χ3n) is 4.67. The molecule has 0 saturated carbocycles. The number of aromatic amines is 1. The lowest BCUT2D eigenvalue weighted by Crippen LogP contribution is -2.27. The molecule has 2 heterocycles. The molecule has 2 aromatic heterocycles. The van der Waals surface area contributed by atoms with Crippen molar-refractivity contribution in [2.75, 3.05) is 5.32 Å². The van der Waals surface area contributed by atoms with Gasteiger partial charge in [-0.2, -0.15) is 23.4 Å². The fraction of sp³-hybridized carbons (Fsp3) is 0.0909. The van der Waals surface area contributed by atoms with Gasteiger partial charge in [-0.25, -0.2) is 4.68 Å². The number of anilines is 1. The molecule has 0 aliphatic rings. The van der Waals surface area contributed by atoms with Crippen LogP contribution in [-0.4, -0.2) is 25.9 Å². The van der Waals surface area contributed by atoms with Gasteiger partial charge in [0.05, 0.1) is 16.9 Å². The van der Waals surface area contributed by atoms with Crippen molar-refractivity contribution in [3.63, 3.8) is 0 Å². The molecule has 7 nitrogen and oxygen atoms in total. The van der Waals surface area contributed by atoms with E-state index < -0.39 is 28.8 Å². The maximum absolute atomic E-state index is 13.1. The van der Waals surface area contributed by atoms with Gasteiger partial charge in [-0.1, -0.05) is 18.2 Å². The van der Waals surface area contributed by atoms with E-state index in [1.54, 1.807) is 30.5 Å². The van der Waals surface area contributed by atoms with Crippen LogP contribution in [0.4, 0.5) is 18.9 Å². The van der Waals surface area contributed by atoms with E-state index in [2.05, 4.69) is 20.6 Å². The van der Waals surface area contributed by atoms with Crippen molar-refractivity contribution < 1.29 is 18.0 Å². The summed E-state index contributed by atoms with van der Waals surface area (Å²) in [5.41, 5.74) is 0.318. The molecule has 1 amide bonds. The third kappa shape index (κ3) is 4.29. The maximum atomic E-state index is 13.1. The highest BCUT2D eigenvalue weighted by molar-refractivity contribution is 6.03. The monoisotopic (exact) mass is 439 g/mol. The molecule has 0 unspecified atom stereocenters. The van der Waals surface area contributed by atoms with Gasteiger partial charge in [0.15, 0.2) is 5.69 Å². The molecule has 0 atom stereocenters. The molecule has 0 bridgehead atoms. The lowest BCUT2D eigenvalue weighted by atomic mass is 10.1. The predicted octanol–water partition coefficient (Wildman–Crippen LogP) is 4.20. The van der Waals surface area contributed by atoms with Crippen LogP contribution in [0.3, 0.4) is 0 Å². The fourth-order valence-electron chi connectivity index (χ4n) is 3.15. The van der Waals surface area contributed by atoms with Crippen molar-refractivity contribution in [1.82, 2.24) is 20.0 Å². The van der Waals surface area contributed by atoms with Gasteiger partial charge in [-0.15, -0.1) is 0 Å². The minimum atomic E-state index is -4.54. The molecule has 0 radical (unpaired) electrons. The highest BCUT2D eigenvalue weighted by Gasteiger charge is 2.30. The summed E-state index contributed by atoms with van der Waals surface area (Å²) in [6.45, 7) is 1.52. The van der Waals surface area contributed by atoms with Crippen molar-refractivity contribution in [3.8, 4) is 16.9 Å². The zero-order chi connectivity index (χ0) is 22.9. The van der Waals surface area contributed by atoms with Gasteiger partial charge in [0.1, 0.15) is 0 Å². The minimum Gasteiger partial charge on any atom is -0.320 e. The Labute approximate surface area is 179 Å². The van der Waals surface area contributed by atoms with Crippen LogP contribution in [0, 0.1) is 6.92 Å². The minimum absolute atomic E-state index is 0.0765. The van der Waals surface area contributed by atoms with E-state index >= 15 is 0 Å². The summed E-state index contributed by atoms with van der Waals surface area (Å²) in [5.74, 6) is -0.780. The summed E-state index contributed by atoms with van der Waals surface area (Å²) < 4.78 is 40.4. The number of aryl methyl sites for hydroxylation is 1. The van der Waals surface area contributed by atoms with Gasteiger partial charge in [-0.3, -0.25) is 14.7 Å². The van der Waals surface area contributed by atoms with E-state index in [0.29, 0.717) is 5.69 Å². The SMILES string of the molecule is Cc1cc(=O)c(C(=O)Nc2cccc(-c3ccn[nH]3)c2)nn1-c1cccc(C(F)(F)F)c1. The first-order valence-corrected chi connectivity index (χ1v) is 9.42. The lowest BCUT2D eigenvalue weighted by molar-refractivity contribution is -0.137. The molecular weight excluding hydrogens is 423 g/mol. The number of carbonyl (C=O) groups excluding carboxylic acids is 1. The van der Waals surface area contributed by atoms with Crippen molar-refractivity contribution in [3.05, 3.63) is 94.0 Å². The van der Waals surface area contributed by atoms with Crippen LogP contribution < -0.4 is 10.7 Å². The zero-order valence-electron chi connectivity index (χ0n) is 16.6. The molecular formula is C22H16F3N5O2. The van der Waals surface area contributed by atoms with Crippen LogP contribution in [0.2, 0.25) is 0 Å². The van der Waals surface area contributed by atoms with E-state index in [1.807, 2.05) is 6.07 Å². The van der Waals surface area contributed by atoms with Crippen LogP contribution >= 0.6 is 0 Å². The zero-order valence-corrected chi connectivity index (χ0v) is 16.6. The van der Waals surface area contributed by atoms with Gasteiger partial charge >= 0.3 is 6.18 Å². The first-order valence-electron chi connectivity index (χ1n) is 9.42.